The van der Waals surface area contributed by atoms with Crippen LogP contribution in [0.5, 0.6) is 0 Å². The van der Waals surface area contributed by atoms with Crippen LogP contribution in [0.1, 0.15) is 5.76 Å². The number of furan rings is 1. The zero-order valence-electron chi connectivity index (χ0n) is 10.3. The van der Waals surface area contributed by atoms with Gasteiger partial charge < -0.3 is 10.2 Å². The molecule has 0 unspecified atom stereocenters. The van der Waals surface area contributed by atoms with Crippen LogP contribution in [-0.2, 0) is 0 Å². The van der Waals surface area contributed by atoms with E-state index in [0.29, 0.717) is 5.82 Å². The van der Waals surface area contributed by atoms with E-state index < -0.39 is 0 Å². The fourth-order valence-electron chi connectivity index (χ4n) is 2.05. The molecule has 0 aliphatic heterocycles. The largest absolute Gasteiger partial charge is 0.469 e. The number of H-pyrrole nitrogens is 1. The van der Waals surface area contributed by atoms with E-state index in [9.17, 15) is 0 Å². The first-order valence-electron chi connectivity index (χ1n) is 5.80. The second-order valence-corrected chi connectivity index (χ2v) is 5.23. The van der Waals surface area contributed by atoms with E-state index in [4.69, 9.17) is 10.2 Å². The van der Waals surface area contributed by atoms with Crippen LogP contribution in [0, 0.1) is 6.92 Å². The fourth-order valence-corrected chi connectivity index (χ4v) is 2.31. The van der Waals surface area contributed by atoms with Crippen LogP contribution >= 0.6 is 15.9 Å². The summed E-state index contributed by atoms with van der Waals surface area (Å²) in [4.78, 5) is 0. The molecule has 0 saturated carbocycles. The number of anilines is 1. The molecule has 2 heterocycles. The second kappa shape index (κ2) is 4.59. The number of hydrogen-bond acceptors (Lipinski definition) is 3. The van der Waals surface area contributed by atoms with Crippen molar-refractivity contribution in [3.05, 3.63) is 46.8 Å². The van der Waals surface area contributed by atoms with Gasteiger partial charge >= 0.3 is 0 Å². The number of aryl methyl sites for hydroxylation is 1. The monoisotopic (exact) mass is 317 g/mol. The van der Waals surface area contributed by atoms with Crippen molar-refractivity contribution in [2.75, 3.05) is 5.73 Å². The van der Waals surface area contributed by atoms with Crippen molar-refractivity contribution in [2.24, 2.45) is 0 Å². The molecule has 3 rings (SSSR count). The van der Waals surface area contributed by atoms with Gasteiger partial charge in [0, 0.05) is 10.0 Å². The third-order valence-electron chi connectivity index (χ3n) is 2.95. The van der Waals surface area contributed by atoms with Crippen molar-refractivity contribution >= 4 is 21.7 Å². The Bertz CT molecular complexity index is 713. The number of halogens is 1. The zero-order chi connectivity index (χ0) is 13.4. The Hall–Kier alpha value is -2.01. The number of aromatic amines is 1. The number of nitrogen functional groups attached to an aromatic ring is 1. The Morgan fingerprint density at radius 1 is 1.21 bits per heavy atom. The number of aromatic nitrogens is 2. The molecule has 5 heteroatoms. The number of hydrogen-bond donors (Lipinski definition) is 2. The highest BCUT2D eigenvalue weighted by Crippen LogP contribution is 2.35. The topological polar surface area (TPSA) is 67.8 Å². The van der Waals surface area contributed by atoms with Crippen molar-refractivity contribution in [3.63, 3.8) is 0 Å². The summed E-state index contributed by atoms with van der Waals surface area (Å²) >= 11 is 3.42. The van der Waals surface area contributed by atoms with E-state index in [0.717, 1.165) is 32.6 Å². The van der Waals surface area contributed by atoms with Gasteiger partial charge in [0.1, 0.15) is 12.0 Å². The molecule has 0 fully saturated rings. The van der Waals surface area contributed by atoms with Gasteiger partial charge in [0.15, 0.2) is 5.82 Å². The maximum absolute atomic E-state index is 5.97. The molecule has 0 aliphatic carbocycles. The van der Waals surface area contributed by atoms with Crippen molar-refractivity contribution in [3.8, 4) is 22.4 Å². The maximum atomic E-state index is 5.97. The van der Waals surface area contributed by atoms with Gasteiger partial charge in [0.05, 0.1) is 11.3 Å². The predicted molar refractivity (Wildman–Crippen MR) is 78.6 cm³/mol. The van der Waals surface area contributed by atoms with Crippen LogP contribution < -0.4 is 5.73 Å². The van der Waals surface area contributed by atoms with Crippen molar-refractivity contribution < 1.29 is 4.42 Å². The molecule has 0 radical (unpaired) electrons. The molecular weight excluding hydrogens is 306 g/mol. The Balaban J connectivity index is 2.16. The van der Waals surface area contributed by atoms with E-state index in [-0.39, 0.29) is 0 Å². The van der Waals surface area contributed by atoms with Crippen LogP contribution in [0.25, 0.3) is 22.4 Å². The summed E-state index contributed by atoms with van der Waals surface area (Å²) < 4.78 is 6.37. The Kier molecular flexibility index (Phi) is 2.91. The molecule has 3 aromatic rings. The maximum Gasteiger partial charge on any atom is 0.153 e. The van der Waals surface area contributed by atoms with Crippen LogP contribution in [0.2, 0.25) is 0 Å². The average molecular weight is 318 g/mol. The molecule has 0 saturated heterocycles. The molecule has 0 atom stereocenters. The molecule has 96 valence electrons. The van der Waals surface area contributed by atoms with Crippen molar-refractivity contribution in [1.29, 1.82) is 0 Å². The van der Waals surface area contributed by atoms with Gasteiger partial charge in [-0.1, -0.05) is 28.1 Å². The highest BCUT2D eigenvalue weighted by Gasteiger charge is 2.15. The predicted octanol–water partition coefficient (Wildman–Crippen LogP) is 3.99. The first kappa shape index (κ1) is 12.0. The minimum absolute atomic E-state index is 0.483. The lowest BCUT2D eigenvalue weighted by Crippen LogP contribution is -1.88. The van der Waals surface area contributed by atoms with Crippen LogP contribution in [0.4, 0.5) is 5.82 Å². The average Bonchev–Trinajstić information content (AvgIpc) is 2.97. The number of nitrogens with zero attached hydrogens (tertiary/aromatic N) is 1. The Morgan fingerprint density at radius 3 is 2.58 bits per heavy atom. The van der Waals surface area contributed by atoms with Gasteiger partial charge in [-0.15, -0.1) is 0 Å². The summed E-state index contributed by atoms with van der Waals surface area (Å²) in [6, 6.07) is 9.91. The smallest absolute Gasteiger partial charge is 0.153 e. The van der Waals surface area contributed by atoms with Crippen LogP contribution in [0.15, 0.2) is 45.5 Å². The molecule has 0 aliphatic rings. The number of rotatable bonds is 2. The highest BCUT2D eigenvalue weighted by molar-refractivity contribution is 9.10. The lowest BCUT2D eigenvalue weighted by atomic mass is 10.0. The fraction of sp³-hybridized carbons (Fsp3) is 0.0714. The van der Waals surface area contributed by atoms with Gasteiger partial charge in [0.25, 0.3) is 0 Å². The number of benzene rings is 1. The number of nitrogens with two attached hydrogens (primary N) is 1. The summed E-state index contributed by atoms with van der Waals surface area (Å²) in [5.74, 6) is 1.33. The van der Waals surface area contributed by atoms with Gasteiger partial charge in [-0.05, 0) is 30.7 Å². The quantitative estimate of drug-likeness (QED) is 0.751. The van der Waals surface area contributed by atoms with Crippen molar-refractivity contribution in [2.45, 2.75) is 6.92 Å². The highest BCUT2D eigenvalue weighted by atomic mass is 79.9. The minimum Gasteiger partial charge on any atom is -0.469 e. The molecule has 1 aromatic carbocycles. The molecule has 0 spiro atoms. The standard InChI is InChI=1S/C14H12BrN3O/c1-8-6-10(7-19-8)13-12(14(16)18-17-13)9-2-4-11(15)5-3-9/h2-7H,1H3,(H3,16,17,18). The first-order chi connectivity index (χ1) is 9.15. The normalized spacial score (nSPS) is 10.8. The molecule has 2 aromatic heterocycles. The molecule has 3 N–H and O–H groups in total. The summed E-state index contributed by atoms with van der Waals surface area (Å²) in [6.07, 6.45) is 1.70. The molecular formula is C14H12BrN3O. The molecule has 4 nitrogen and oxygen atoms in total. The van der Waals surface area contributed by atoms with E-state index in [1.807, 2.05) is 37.3 Å². The van der Waals surface area contributed by atoms with Gasteiger partial charge in [-0.3, -0.25) is 5.10 Å². The van der Waals surface area contributed by atoms with Gasteiger partial charge in [0.2, 0.25) is 0 Å². The van der Waals surface area contributed by atoms with E-state index >= 15 is 0 Å². The minimum atomic E-state index is 0.483. The Morgan fingerprint density at radius 2 is 1.95 bits per heavy atom. The van der Waals surface area contributed by atoms with Gasteiger partial charge in [-0.25, -0.2) is 0 Å². The van der Waals surface area contributed by atoms with Gasteiger partial charge in [-0.2, -0.15) is 5.10 Å². The van der Waals surface area contributed by atoms with E-state index in [1.165, 1.54) is 0 Å². The van der Waals surface area contributed by atoms with Crippen molar-refractivity contribution in [1.82, 2.24) is 10.2 Å². The molecule has 0 bridgehead atoms. The summed E-state index contributed by atoms with van der Waals surface area (Å²) in [5.41, 5.74) is 9.70. The summed E-state index contributed by atoms with van der Waals surface area (Å²) in [5, 5.41) is 7.07. The molecule has 19 heavy (non-hydrogen) atoms. The first-order valence-corrected chi connectivity index (χ1v) is 6.60. The SMILES string of the molecule is Cc1cc(-c2[nH]nc(N)c2-c2ccc(Br)cc2)co1. The van der Waals surface area contributed by atoms with Crippen LogP contribution in [-0.4, -0.2) is 10.2 Å². The number of nitrogens with one attached hydrogen (secondary N) is 1. The second-order valence-electron chi connectivity index (χ2n) is 4.31. The summed E-state index contributed by atoms with van der Waals surface area (Å²) in [6.45, 7) is 1.91. The summed E-state index contributed by atoms with van der Waals surface area (Å²) in [7, 11) is 0. The van der Waals surface area contributed by atoms with E-state index in [2.05, 4.69) is 26.1 Å². The zero-order valence-corrected chi connectivity index (χ0v) is 11.9. The molecule has 0 amide bonds. The Labute approximate surface area is 118 Å². The van der Waals surface area contributed by atoms with E-state index in [1.54, 1.807) is 6.26 Å². The third-order valence-corrected chi connectivity index (χ3v) is 3.48. The van der Waals surface area contributed by atoms with Crippen LogP contribution in [0.3, 0.4) is 0 Å². The lowest BCUT2D eigenvalue weighted by molar-refractivity contribution is 0.535. The third kappa shape index (κ3) is 2.17. The lowest BCUT2D eigenvalue weighted by Gasteiger charge is -2.03.